The average Bonchev–Trinajstić information content (AvgIpc) is 2.76. The Morgan fingerprint density at radius 2 is 2.06 bits per heavy atom. The van der Waals surface area contributed by atoms with Gasteiger partial charge in [0.25, 0.3) is 0 Å². The number of rotatable bonds is 4. The first-order chi connectivity index (χ1) is 8.63. The Morgan fingerprint density at radius 1 is 1.28 bits per heavy atom. The normalized spacial score (nSPS) is 12.7. The molecule has 1 unspecified atom stereocenters. The van der Waals surface area contributed by atoms with Gasteiger partial charge in [0.15, 0.2) is 0 Å². The number of halogens is 3. The van der Waals surface area contributed by atoms with E-state index in [0.717, 1.165) is 22.3 Å². The van der Waals surface area contributed by atoms with Crippen LogP contribution in [0, 0.1) is 5.82 Å². The minimum atomic E-state index is -0.271. The van der Waals surface area contributed by atoms with Crippen LogP contribution in [0.1, 0.15) is 24.3 Å². The summed E-state index contributed by atoms with van der Waals surface area (Å²) in [6, 6.07) is 6.70. The van der Waals surface area contributed by atoms with Gasteiger partial charge in [-0.15, -0.1) is 0 Å². The van der Waals surface area contributed by atoms with Gasteiger partial charge in [0.05, 0.1) is 21.3 Å². The zero-order chi connectivity index (χ0) is 13.1. The second kappa shape index (κ2) is 5.99. The molecule has 0 bridgehead atoms. The van der Waals surface area contributed by atoms with Crippen LogP contribution in [-0.2, 0) is 0 Å². The van der Waals surface area contributed by atoms with Crippen molar-refractivity contribution in [2.24, 2.45) is 0 Å². The van der Waals surface area contributed by atoms with Gasteiger partial charge in [-0.3, -0.25) is 0 Å². The summed E-state index contributed by atoms with van der Waals surface area (Å²) < 4.78 is 20.1. The molecular formula is C13H12Br2FNO. The lowest BCUT2D eigenvalue weighted by Crippen LogP contribution is -2.21. The molecule has 0 fully saturated rings. The fraction of sp³-hybridized carbons (Fsp3) is 0.231. The van der Waals surface area contributed by atoms with Crippen LogP contribution in [0.2, 0.25) is 0 Å². The molecule has 1 N–H and O–H groups in total. The first kappa shape index (κ1) is 13.8. The first-order valence-electron chi connectivity index (χ1n) is 5.54. The van der Waals surface area contributed by atoms with Crippen LogP contribution < -0.4 is 5.32 Å². The molecule has 0 saturated carbocycles. The van der Waals surface area contributed by atoms with Gasteiger partial charge in [-0.1, -0.05) is 13.0 Å². The fourth-order valence-electron chi connectivity index (χ4n) is 1.77. The SMILES string of the molecule is CCNC(c1ccc(F)c(Br)c1)c1occc1Br. The van der Waals surface area contributed by atoms with Crippen molar-refractivity contribution in [2.45, 2.75) is 13.0 Å². The molecule has 0 spiro atoms. The third-order valence-electron chi connectivity index (χ3n) is 2.59. The lowest BCUT2D eigenvalue weighted by molar-refractivity contribution is 0.449. The molecule has 2 rings (SSSR count). The van der Waals surface area contributed by atoms with Crippen LogP contribution in [-0.4, -0.2) is 6.54 Å². The molecule has 18 heavy (non-hydrogen) atoms. The maximum Gasteiger partial charge on any atom is 0.139 e. The van der Waals surface area contributed by atoms with E-state index in [4.69, 9.17) is 4.42 Å². The highest BCUT2D eigenvalue weighted by Crippen LogP contribution is 2.31. The fourth-order valence-corrected chi connectivity index (χ4v) is 2.60. The summed E-state index contributed by atoms with van der Waals surface area (Å²) in [5.74, 6) is 0.517. The van der Waals surface area contributed by atoms with Crippen molar-refractivity contribution in [1.82, 2.24) is 5.32 Å². The summed E-state index contributed by atoms with van der Waals surface area (Å²) in [4.78, 5) is 0. The quantitative estimate of drug-likeness (QED) is 0.840. The van der Waals surface area contributed by atoms with Crippen molar-refractivity contribution in [3.63, 3.8) is 0 Å². The maximum absolute atomic E-state index is 13.3. The van der Waals surface area contributed by atoms with E-state index >= 15 is 0 Å². The zero-order valence-electron chi connectivity index (χ0n) is 9.71. The smallest absolute Gasteiger partial charge is 0.139 e. The van der Waals surface area contributed by atoms with E-state index in [1.54, 1.807) is 18.4 Å². The van der Waals surface area contributed by atoms with Crippen LogP contribution >= 0.6 is 31.9 Å². The Bertz CT molecular complexity index is 542. The molecule has 2 nitrogen and oxygen atoms in total. The molecule has 96 valence electrons. The summed E-state index contributed by atoms with van der Waals surface area (Å²) in [5, 5.41) is 3.32. The Balaban J connectivity index is 2.41. The lowest BCUT2D eigenvalue weighted by Gasteiger charge is -2.17. The van der Waals surface area contributed by atoms with Gasteiger partial charge in [0.1, 0.15) is 11.6 Å². The van der Waals surface area contributed by atoms with Crippen molar-refractivity contribution in [1.29, 1.82) is 0 Å². The molecule has 0 amide bonds. The molecule has 0 aliphatic rings. The predicted molar refractivity (Wildman–Crippen MR) is 76.0 cm³/mol. The van der Waals surface area contributed by atoms with E-state index in [9.17, 15) is 4.39 Å². The van der Waals surface area contributed by atoms with Gasteiger partial charge in [0.2, 0.25) is 0 Å². The third-order valence-corrected chi connectivity index (χ3v) is 3.86. The van der Waals surface area contributed by atoms with Gasteiger partial charge in [0, 0.05) is 0 Å². The molecule has 1 aromatic carbocycles. The maximum atomic E-state index is 13.3. The van der Waals surface area contributed by atoms with Crippen LogP contribution in [0.15, 0.2) is 43.9 Å². The standard InChI is InChI=1S/C13H12Br2FNO/c1-2-17-12(13-9(14)5-6-18-13)8-3-4-11(16)10(15)7-8/h3-7,12,17H,2H2,1H3. The molecular weight excluding hydrogens is 365 g/mol. The van der Waals surface area contributed by atoms with Gasteiger partial charge >= 0.3 is 0 Å². The van der Waals surface area contributed by atoms with Crippen LogP contribution in [0.4, 0.5) is 4.39 Å². The minimum Gasteiger partial charge on any atom is -0.466 e. The minimum absolute atomic E-state index is 0.101. The van der Waals surface area contributed by atoms with Gasteiger partial charge in [-0.2, -0.15) is 0 Å². The summed E-state index contributed by atoms with van der Waals surface area (Å²) in [6.45, 7) is 2.80. The van der Waals surface area contributed by atoms with Crippen LogP contribution in [0.25, 0.3) is 0 Å². The summed E-state index contributed by atoms with van der Waals surface area (Å²) in [5.41, 5.74) is 0.945. The Labute approximate surface area is 122 Å². The molecule has 0 aliphatic carbocycles. The van der Waals surface area contributed by atoms with Crippen molar-refractivity contribution in [3.8, 4) is 0 Å². The summed E-state index contributed by atoms with van der Waals surface area (Å²) >= 11 is 6.65. The second-order valence-electron chi connectivity index (χ2n) is 3.80. The summed E-state index contributed by atoms with van der Waals surface area (Å²) in [6.07, 6.45) is 1.63. The molecule has 2 aromatic rings. The highest BCUT2D eigenvalue weighted by atomic mass is 79.9. The average molecular weight is 377 g/mol. The van der Waals surface area contributed by atoms with Gasteiger partial charge in [-0.25, -0.2) is 4.39 Å². The Morgan fingerprint density at radius 3 is 2.61 bits per heavy atom. The number of hydrogen-bond acceptors (Lipinski definition) is 2. The molecule has 0 saturated heterocycles. The largest absolute Gasteiger partial charge is 0.466 e. The topological polar surface area (TPSA) is 25.2 Å². The van der Waals surface area contributed by atoms with Crippen molar-refractivity contribution < 1.29 is 8.81 Å². The van der Waals surface area contributed by atoms with Gasteiger partial charge < -0.3 is 9.73 Å². The number of nitrogens with one attached hydrogen (secondary N) is 1. The van der Waals surface area contributed by atoms with E-state index < -0.39 is 0 Å². The van der Waals surface area contributed by atoms with Crippen molar-refractivity contribution >= 4 is 31.9 Å². The van der Waals surface area contributed by atoms with Gasteiger partial charge in [-0.05, 0) is 62.2 Å². The highest BCUT2D eigenvalue weighted by molar-refractivity contribution is 9.10. The van der Waals surface area contributed by atoms with Crippen LogP contribution in [0.3, 0.4) is 0 Å². The molecule has 0 aliphatic heterocycles. The first-order valence-corrected chi connectivity index (χ1v) is 7.13. The van der Waals surface area contributed by atoms with E-state index in [2.05, 4.69) is 37.2 Å². The third kappa shape index (κ3) is 2.84. The molecule has 1 heterocycles. The van der Waals surface area contributed by atoms with E-state index in [0.29, 0.717) is 4.47 Å². The van der Waals surface area contributed by atoms with E-state index in [-0.39, 0.29) is 11.9 Å². The lowest BCUT2D eigenvalue weighted by atomic mass is 10.0. The monoisotopic (exact) mass is 375 g/mol. The highest BCUT2D eigenvalue weighted by Gasteiger charge is 2.19. The zero-order valence-corrected chi connectivity index (χ0v) is 12.9. The van der Waals surface area contributed by atoms with Crippen molar-refractivity contribution in [2.75, 3.05) is 6.54 Å². The van der Waals surface area contributed by atoms with Crippen LogP contribution in [0.5, 0.6) is 0 Å². The Hall–Kier alpha value is -0.650. The second-order valence-corrected chi connectivity index (χ2v) is 5.51. The van der Waals surface area contributed by atoms with E-state index in [1.165, 1.54) is 6.07 Å². The van der Waals surface area contributed by atoms with E-state index in [1.807, 2.05) is 13.0 Å². The Kier molecular flexibility index (Phi) is 4.59. The molecule has 1 aromatic heterocycles. The molecule has 0 radical (unpaired) electrons. The summed E-state index contributed by atoms with van der Waals surface area (Å²) in [7, 11) is 0. The number of hydrogen-bond donors (Lipinski definition) is 1. The number of furan rings is 1. The molecule has 1 atom stereocenters. The van der Waals surface area contributed by atoms with Crippen molar-refractivity contribution in [3.05, 3.63) is 56.6 Å². The number of benzene rings is 1. The molecule has 5 heteroatoms. The predicted octanol–water partition coefficient (Wildman–Crippen LogP) is 4.64.